The maximum absolute atomic E-state index is 13.8. The molecule has 0 radical (unpaired) electrons. The van der Waals surface area contributed by atoms with Gasteiger partial charge in [-0.05, 0) is 49.2 Å². The molecule has 0 atom stereocenters. The molecule has 0 aliphatic carbocycles. The van der Waals surface area contributed by atoms with E-state index in [0.29, 0.717) is 5.69 Å². The molecule has 0 unspecified atom stereocenters. The van der Waals surface area contributed by atoms with Crippen LogP contribution in [0.15, 0.2) is 54.9 Å². The number of nitrogens with zero attached hydrogens (tertiary/aromatic N) is 3. The highest BCUT2D eigenvalue weighted by Crippen LogP contribution is 2.23. The number of benzene rings is 2. The maximum atomic E-state index is 13.8. The van der Waals surface area contributed by atoms with Gasteiger partial charge in [0.2, 0.25) is 0 Å². The molecule has 1 aromatic heterocycles. The van der Waals surface area contributed by atoms with Crippen molar-refractivity contribution >= 4 is 28.8 Å². The van der Waals surface area contributed by atoms with E-state index >= 15 is 0 Å². The summed E-state index contributed by atoms with van der Waals surface area (Å²) in [5.74, 6) is -1.62. The molecule has 1 aliphatic heterocycles. The quantitative estimate of drug-likeness (QED) is 0.672. The van der Waals surface area contributed by atoms with E-state index in [0.717, 1.165) is 30.9 Å². The lowest BCUT2D eigenvalue weighted by atomic mass is 10.2. The highest BCUT2D eigenvalue weighted by molar-refractivity contribution is 6.03. The van der Waals surface area contributed by atoms with Crippen molar-refractivity contribution in [2.75, 3.05) is 28.6 Å². The molecule has 0 spiro atoms. The van der Waals surface area contributed by atoms with Gasteiger partial charge in [-0.3, -0.25) is 4.79 Å². The number of rotatable bonds is 5. The first-order chi connectivity index (χ1) is 14.1. The van der Waals surface area contributed by atoms with Gasteiger partial charge in [-0.2, -0.15) is 0 Å². The molecule has 2 N–H and O–H groups in total. The van der Waals surface area contributed by atoms with Gasteiger partial charge >= 0.3 is 0 Å². The van der Waals surface area contributed by atoms with Crippen molar-refractivity contribution in [1.82, 2.24) is 9.97 Å². The molecular weight excluding hydrogens is 376 g/mol. The van der Waals surface area contributed by atoms with E-state index in [-0.39, 0.29) is 17.2 Å². The van der Waals surface area contributed by atoms with Gasteiger partial charge in [-0.15, -0.1) is 0 Å². The Morgan fingerprint density at radius 2 is 1.72 bits per heavy atom. The molecule has 4 rings (SSSR count). The topological polar surface area (TPSA) is 70.2 Å². The van der Waals surface area contributed by atoms with E-state index in [4.69, 9.17) is 0 Å². The second-order valence-corrected chi connectivity index (χ2v) is 6.73. The average molecular weight is 395 g/mol. The van der Waals surface area contributed by atoms with Crippen molar-refractivity contribution < 1.29 is 13.6 Å². The Morgan fingerprint density at radius 3 is 2.45 bits per heavy atom. The fraction of sp³-hybridized carbons (Fsp3) is 0.190. The fourth-order valence-corrected chi connectivity index (χ4v) is 3.20. The predicted octanol–water partition coefficient (Wildman–Crippen LogP) is 4.35. The molecular formula is C21H19F2N5O. The molecule has 1 saturated heterocycles. The molecule has 3 aromatic rings. The van der Waals surface area contributed by atoms with Crippen molar-refractivity contribution in [1.29, 1.82) is 0 Å². The number of carbonyl (C=O) groups excluding carboxylic acids is 1. The molecule has 29 heavy (non-hydrogen) atoms. The first-order valence-electron chi connectivity index (χ1n) is 9.29. The van der Waals surface area contributed by atoms with E-state index < -0.39 is 17.5 Å². The molecule has 2 heterocycles. The van der Waals surface area contributed by atoms with Crippen LogP contribution in [0.1, 0.15) is 23.3 Å². The minimum absolute atomic E-state index is 0.0500. The lowest BCUT2D eigenvalue weighted by Gasteiger charge is -2.17. The van der Waals surface area contributed by atoms with E-state index in [1.165, 1.54) is 31.3 Å². The van der Waals surface area contributed by atoms with E-state index in [1.807, 2.05) is 24.3 Å². The third-order valence-electron chi connectivity index (χ3n) is 4.69. The third kappa shape index (κ3) is 4.48. The molecule has 0 saturated carbocycles. The molecule has 1 aliphatic rings. The number of aromatic nitrogens is 2. The van der Waals surface area contributed by atoms with Gasteiger partial charge in [-0.25, -0.2) is 18.7 Å². The lowest BCUT2D eigenvalue weighted by molar-refractivity contribution is 0.102. The Morgan fingerprint density at radius 1 is 0.966 bits per heavy atom. The Hall–Kier alpha value is -3.55. The number of halogens is 2. The van der Waals surface area contributed by atoms with Crippen molar-refractivity contribution in [2.45, 2.75) is 12.8 Å². The third-order valence-corrected chi connectivity index (χ3v) is 4.69. The Labute approximate surface area is 166 Å². The van der Waals surface area contributed by atoms with Crippen LogP contribution in [-0.4, -0.2) is 29.0 Å². The van der Waals surface area contributed by atoms with Gasteiger partial charge in [0.15, 0.2) is 0 Å². The SMILES string of the molecule is O=C(Nc1ccc(N2CCCC2)cc1)c1cc(Nc2ccc(F)cc2F)ncn1. The Bertz CT molecular complexity index is 1020. The average Bonchev–Trinajstić information content (AvgIpc) is 3.26. The Balaban J connectivity index is 1.44. The number of hydrogen-bond donors (Lipinski definition) is 2. The normalized spacial score (nSPS) is 13.4. The molecule has 1 fully saturated rings. The number of amides is 1. The van der Waals surface area contributed by atoms with Gasteiger partial charge in [0, 0.05) is 36.6 Å². The van der Waals surface area contributed by atoms with Gasteiger partial charge in [-0.1, -0.05) is 0 Å². The maximum Gasteiger partial charge on any atom is 0.274 e. The van der Waals surface area contributed by atoms with E-state index in [1.54, 1.807) is 0 Å². The largest absolute Gasteiger partial charge is 0.372 e. The summed E-state index contributed by atoms with van der Waals surface area (Å²) in [6.07, 6.45) is 3.60. The van der Waals surface area contributed by atoms with E-state index in [2.05, 4.69) is 25.5 Å². The molecule has 2 aromatic carbocycles. The second-order valence-electron chi connectivity index (χ2n) is 6.73. The van der Waals surface area contributed by atoms with Crippen molar-refractivity contribution in [3.63, 3.8) is 0 Å². The van der Waals surface area contributed by atoms with Crippen molar-refractivity contribution in [3.8, 4) is 0 Å². The summed E-state index contributed by atoms with van der Waals surface area (Å²) >= 11 is 0. The van der Waals surface area contributed by atoms with Crippen molar-refractivity contribution in [3.05, 3.63) is 72.2 Å². The molecule has 148 valence electrons. The van der Waals surface area contributed by atoms with Crippen LogP contribution < -0.4 is 15.5 Å². The molecule has 0 bridgehead atoms. The Kier molecular flexibility index (Phi) is 5.33. The first kappa shape index (κ1) is 18.8. The summed E-state index contributed by atoms with van der Waals surface area (Å²) in [7, 11) is 0. The smallest absolute Gasteiger partial charge is 0.274 e. The number of nitrogens with one attached hydrogen (secondary N) is 2. The zero-order valence-electron chi connectivity index (χ0n) is 15.5. The monoisotopic (exact) mass is 395 g/mol. The summed E-state index contributed by atoms with van der Waals surface area (Å²) in [5, 5.41) is 5.51. The van der Waals surface area contributed by atoms with Crippen molar-refractivity contribution in [2.24, 2.45) is 0 Å². The highest BCUT2D eigenvalue weighted by Gasteiger charge is 2.13. The predicted molar refractivity (Wildman–Crippen MR) is 108 cm³/mol. The minimum atomic E-state index is -0.757. The van der Waals surface area contributed by atoms with Crippen LogP contribution in [0.5, 0.6) is 0 Å². The molecule has 6 nitrogen and oxygen atoms in total. The van der Waals surface area contributed by atoms with Gasteiger partial charge < -0.3 is 15.5 Å². The van der Waals surface area contributed by atoms with Crippen LogP contribution in [0.2, 0.25) is 0 Å². The van der Waals surface area contributed by atoms with Gasteiger partial charge in [0.05, 0.1) is 5.69 Å². The summed E-state index contributed by atoms with van der Waals surface area (Å²) in [4.78, 5) is 22.8. The van der Waals surface area contributed by atoms with Crippen LogP contribution in [0, 0.1) is 11.6 Å². The van der Waals surface area contributed by atoms with E-state index in [9.17, 15) is 13.6 Å². The van der Waals surface area contributed by atoms with Crippen LogP contribution in [0.25, 0.3) is 0 Å². The zero-order valence-corrected chi connectivity index (χ0v) is 15.5. The molecule has 8 heteroatoms. The van der Waals surface area contributed by atoms with Crippen LogP contribution >= 0.6 is 0 Å². The van der Waals surface area contributed by atoms with Crippen LogP contribution in [0.4, 0.5) is 31.7 Å². The summed E-state index contributed by atoms with van der Waals surface area (Å²) in [6, 6.07) is 12.2. The minimum Gasteiger partial charge on any atom is -0.372 e. The number of carbonyl (C=O) groups is 1. The second kappa shape index (κ2) is 8.22. The zero-order chi connectivity index (χ0) is 20.2. The summed E-state index contributed by atoms with van der Waals surface area (Å²) in [5.41, 5.74) is 1.95. The number of anilines is 4. The van der Waals surface area contributed by atoms with Crippen LogP contribution in [0.3, 0.4) is 0 Å². The summed E-state index contributed by atoms with van der Waals surface area (Å²) in [6.45, 7) is 2.11. The summed E-state index contributed by atoms with van der Waals surface area (Å²) < 4.78 is 26.8. The lowest BCUT2D eigenvalue weighted by Crippen LogP contribution is -2.18. The standard InChI is InChI=1S/C21H19F2N5O/c22-14-3-8-18(17(23)11-14)27-20-12-19(24-13-25-20)21(29)26-15-4-6-16(7-5-15)28-9-1-2-10-28/h3-8,11-13H,1-2,9-10H2,(H,26,29)(H,24,25,27). The van der Waals surface area contributed by atoms with Gasteiger partial charge in [0.25, 0.3) is 5.91 Å². The number of hydrogen-bond acceptors (Lipinski definition) is 5. The fourth-order valence-electron chi connectivity index (χ4n) is 3.20. The molecule has 1 amide bonds. The van der Waals surface area contributed by atoms with Gasteiger partial charge in [0.1, 0.15) is 29.5 Å². The highest BCUT2D eigenvalue weighted by atomic mass is 19.1. The van der Waals surface area contributed by atoms with Crippen LogP contribution in [-0.2, 0) is 0 Å². The first-order valence-corrected chi connectivity index (χ1v) is 9.29.